The molecule has 0 spiro atoms. The predicted molar refractivity (Wildman–Crippen MR) is 96.1 cm³/mol. The van der Waals surface area contributed by atoms with E-state index >= 15 is 0 Å². The van der Waals surface area contributed by atoms with Gasteiger partial charge in [0.25, 0.3) is 5.91 Å². The van der Waals surface area contributed by atoms with Crippen molar-refractivity contribution < 1.29 is 14.3 Å². The van der Waals surface area contributed by atoms with Gasteiger partial charge in [-0.2, -0.15) is 0 Å². The highest BCUT2D eigenvalue weighted by atomic mass is 16.5. The van der Waals surface area contributed by atoms with Crippen LogP contribution >= 0.6 is 0 Å². The van der Waals surface area contributed by atoms with E-state index in [0.29, 0.717) is 17.4 Å². The molecule has 1 aromatic heterocycles. The van der Waals surface area contributed by atoms with Crippen molar-refractivity contribution in [1.82, 2.24) is 10.3 Å². The van der Waals surface area contributed by atoms with Crippen LogP contribution in [0.4, 0.5) is 0 Å². The molecule has 0 radical (unpaired) electrons. The number of nitrogens with zero attached hydrogens (tertiary/aromatic N) is 1. The van der Waals surface area contributed by atoms with Gasteiger partial charge in [-0.25, -0.2) is 4.79 Å². The number of carbonyl (C=O) groups is 2. The number of fused-ring (bicyclic) bond motifs is 1. The number of benzene rings is 1. The molecule has 1 aliphatic carbocycles. The lowest BCUT2D eigenvalue weighted by Gasteiger charge is -2.34. The second-order valence-corrected chi connectivity index (χ2v) is 6.92. The Balaban J connectivity index is 1.59. The zero-order valence-electron chi connectivity index (χ0n) is 14.7. The molecule has 1 aromatic carbocycles. The van der Waals surface area contributed by atoms with Gasteiger partial charge in [0.1, 0.15) is 0 Å². The molecule has 1 aliphatic rings. The summed E-state index contributed by atoms with van der Waals surface area (Å²) in [7, 11) is 0. The molecule has 25 heavy (non-hydrogen) atoms. The number of ether oxygens (including phenoxy) is 1. The molecule has 1 heterocycles. The average molecular weight is 340 g/mol. The summed E-state index contributed by atoms with van der Waals surface area (Å²) >= 11 is 0. The Hall–Kier alpha value is -2.43. The highest BCUT2D eigenvalue weighted by molar-refractivity contribution is 6.04. The van der Waals surface area contributed by atoms with Crippen molar-refractivity contribution in [3.63, 3.8) is 0 Å². The van der Waals surface area contributed by atoms with E-state index in [2.05, 4.69) is 24.1 Å². The van der Waals surface area contributed by atoms with Crippen molar-refractivity contribution >= 4 is 22.6 Å². The first-order valence-electron chi connectivity index (χ1n) is 8.85. The van der Waals surface area contributed by atoms with E-state index in [1.54, 1.807) is 30.6 Å². The fourth-order valence-electron chi connectivity index (χ4n) is 3.54. The molecule has 0 aliphatic heterocycles. The second-order valence-electron chi connectivity index (χ2n) is 6.92. The summed E-state index contributed by atoms with van der Waals surface area (Å²) in [5.41, 5.74) is 0.451. The first kappa shape index (κ1) is 17.4. The maximum atomic E-state index is 12.3. The van der Waals surface area contributed by atoms with Crippen LogP contribution in [0, 0.1) is 11.8 Å². The molecule has 5 heteroatoms. The number of pyridine rings is 1. The maximum Gasteiger partial charge on any atom is 0.339 e. The van der Waals surface area contributed by atoms with Gasteiger partial charge in [0.15, 0.2) is 6.61 Å². The highest BCUT2D eigenvalue weighted by Crippen LogP contribution is 2.29. The van der Waals surface area contributed by atoms with Crippen LogP contribution in [0.5, 0.6) is 0 Å². The number of hydrogen-bond acceptors (Lipinski definition) is 4. The number of esters is 1. The Morgan fingerprint density at radius 3 is 2.92 bits per heavy atom. The molecule has 1 fully saturated rings. The van der Waals surface area contributed by atoms with Gasteiger partial charge in [0.05, 0.1) is 5.56 Å². The highest BCUT2D eigenvalue weighted by Gasteiger charge is 2.28. The molecule has 132 valence electrons. The van der Waals surface area contributed by atoms with Gasteiger partial charge in [0.2, 0.25) is 0 Å². The van der Waals surface area contributed by atoms with E-state index in [-0.39, 0.29) is 18.6 Å². The Morgan fingerprint density at radius 2 is 2.08 bits per heavy atom. The Labute approximate surface area is 147 Å². The van der Waals surface area contributed by atoms with E-state index in [0.717, 1.165) is 23.6 Å². The van der Waals surface area contributed by atoms with Gasteiger partial charge >= 0.3 is 5.97 Å². The van der Waals surface area contributed by atoms with Crippen LogP contribution in [0.2, 0.25) is 0 Å². The van der Waals surface area contributed by atoms with Crippen molar-refractivity contribution in [2.24, 2.45) is 11.8 Å². The summed E-state index contributed by atoms with van der Waals surface area (Å²) in [6, 6.07) is 7.31. The summed E-state index contributed by atoms with van der Waals surface area (Å²) in [5, 5.41) is 4.66. The SMILES string of the molecule is C[C@@H]1[C@H](C)CCC[C@@H]1NC(=O)COC(=O)c1cccc2cnccc12. The van der Waals surface area contributed by atoms with Crippen LogP contribution in [-0.2, 0) is 9.53 Å². The lowest BCUT2D eigenvalue weighted by atomic mass is 9.78. The Bertz CT molecular complexity index is 769. The van der Waals surface area contributed by atoms with Crippen molar-refractivity contribution in [1.29, 1.82) is 0 Å². The third-order valence-corrected chi connectivity index (χ3v) is 5.29. The van der Waals surface area contributed by atoms with Gasteiger partial charge in [-0.05, 0) is 35.8 Å². The van der Waals surface area contributed by atoms with Crippen LogP contribution in [0.3, 0.4) is 0 Å². The fourth-order valence-corrected chi connectivity index (χ4v) is 3.54. The number of rotatable bonds is 4. The van der Waals surface area contributed by atoms with Crippen molar-refractivity contribution in [2.45, 2.75) is 39.2 Å². The normalized spacial score (nSPS) is 23.2. The molecule has 3 atom stereocenters. The average Bonchev–Trinajstić information content (AvgIpc) is 2.63. The zero-order valence-corrected chi connectivity index (χ0v) is 14.7. The van der Waals surface area contributed by atoms with Gasteiger partial charge in [-0.15, -0.1) is 0 Å². The van der Waals surface area contributed by atoms with Crippen LogP contribution in [-0.4, -0.2) is 29.5 Å². The minimum atomic E-state index is -0.489. The molecule has 0 saturated heterocycles. The monoisotopic (exact) mass is 340 g/mol. The third-order valence-electron chi connectivity index (χ3n) is 5.29. The van der Waals surface area contributed by atoms with Crippen molar-refractivity contribution in [3.05, 3.63) is 42.2 Å². The minimum absolute atomic E-state index is 0.165. The predicted octanol–water partition coefficient (Wildman–Crippen LogP) is 3.33. The molecule has 0 unspecified atom stereocenters. The van der Waals surface area contributed by atoms with Gasteiger partial charge in [-0.1, -0.05) is 38.8 Å². The molecule has 5 nitrogen and oxygen atoms in total. The molecule has 0 bridgehead atoms. The number of aromatic nitrogens is 1. The lowest BCUT2D eigenvalue weighted by Crippen LogP contribution is -2.45. The minimum Gasteiger partial charge on any atom is -0.452 e. The summed E-state index contributed by atoms with van der Waals surface area (Å²) in [5.74, 6) is 0.322. The first-order valence-corrected chi connectivity index (χ1v) is 8.85. The molecule has 2 aromatic rings. The summed E-state index contributed by atoms with van der Waals surface area (Å²) in [6.45, 7) is 4.14. The Kier molecular flexibility index (Phi) is 5.31. The second kappa shape index (κ2) is 7.64. The van der Waals surface area contributed by atoms with E-state index in [1.807, 2.05) is 6.07 Å². The molecule has 1 N–H and O–H groups in total. The largest absolute Gasteiger partial charge is 0.452 e. The number of carbonyl (C=O) groups excluding carboxylic acids is 2. The first-order chi connectivity index (χ1) is 12.1. The zero-order chi connectivity index (χ0) is 17.8. The molecule has 1 amide bonds. The van der Waals surface area contributed by atoms with Gasteiger partial charge in [0, 0.05) is 23.8 Å². The number of hydrogen-bond donors (Lipinski definition) is 1. The smallest absolute Gasteiger partial charge is 0.339 e. The van der Waals surface area contributed by atoms with Crippen LogP contribution in [0.25, 0.3) is 10.8 Å². The third kappa shape index (κ3) is 3.98. The van der Waals surface area contributed by atoms with Crippen molar-refractivity contribution in [3.8, 4) is 0 Å². The van der Waals surface area contributed by atoms with Crippen molar-refractivity contribution in [2.75, 3.05) is 6.61 Å². The topological polar surface area (TPSA) is 68.3 Å². The van der Waals surface area contributed by atoms with Gasteiger partial charge < -0.3 is 10.1 Å². The van der Waals surface area contributed by atoms with E-state index in [4.69, 9.17) is 4.74 Å². The molecular weight excluding hydrogens is 316 g/mol. The van der Waals surface area contributed by atoms with Crippen LogP contribution in [0.15, 0.2) is 36.7 Å². The molecular formula is C20H24N2O3. The summed E-state index contributed by atoms with van der Waals surface area (Å²) in [4.78, 5) is 28.6. The van der Waals surface area contributed by atoms with Crippen LogP contribution < -0.4 is 5.32 Å². The summed E-state index contributed by atoms with van der Waals surface area (Å²) < 4.78 is 5.23. The van der Waals surface area contributed by atoms with E-state index in [9.17, 15) is 9.59 Å². The van der Waals surface area contributed by atoms with E-state index in [1.165, 1.54) is 6.42 Å². The van der Waals surface area contributed by atoms with E-state index < -0.39 is 5.97 Å². The van der Waals surface area contributed by atoms with Crippen LogP contribution in [0.1, 0.15) is 43.5 Å². The maximum absolute atomic E-state index is 12.3. The summed E-state index contributed by atoms with van der Waals surface area (Å²) in [6.07, 6.45) is 6.65. The lowest BCUT2D eigenvalue weighted by molar-refractivity contribution is -0.125. The van der Waals surface area contributed by atoms with Gasteiger partial charge in [-0.3, -0.25) is 9.78 Å². The standard InChI is InChI=1S/C20H24N2O3/c1-13-5-3-8-18(14(13)2)22-19(23)12-25-20(24)17-7-4-6-15-11-21-10-9-16(15)17/h4,6-7,9-11,13-14,18H,3,5,8,12H2,1-2H3,(H,22,23)/t13-,14-,18+/m1/s1. The quantitative estimate of drug-likeness (QED) is 0.867. The Morgan fingerprint density at radius 1 is 1.24 bits per heavy atom. The number of nitrogens with one attached hydrogen (secondary N) is 1. The fraction of sp³-hybridized carbons (Fsp3) is 0.450. The number of amides is 1. The molecule has 1 saturated carbocycles. The molecule has 3 rings (SSSR count).